The van der Waals surface area contributed by atoms with Gasteiger partial charge in [-0.05, 0) is 61.1 Å². The molecule has 4 rings (SSSR count). The summed E-state index contributed by atoms with van der Waals surface area (Å²) in [5.41, 5.74) is 7.99. The largest absolute Gasteiger partial charge is 0.492 e. The predicted octanol–water partition coefficient (Wildman–Crippen LogP) is 7.90. The highest BCUT2D eigenvalue weighted by Crippen LogP contribution is 2.41. The summed E-state index contributed by atoms with van der Waals surface area (Å²) in [5.74, 6) is 4.73. The molecule has 0 amide bonds. The van der Waals surface area contributed by atoms with Gasteiger partial charge < -0.3 is 15.0 Å². The summed E-state index contributed by atoms with van der Waals surface area (Å²) < 4.78 is 7.37. The first-order chi connectivity index (χ1) is 20.9. The minimum absolute atomic E-state index is 0.204. The van der Waals surface area contributed by atoms with Crippen molar-refractivity contribution in [2.24, 2.45) is 7.05 Å². The molecule has 0 aliphatic heterocycles. The summed E-state index contributed by atoms with van der Waals surface area (Å²) in [6.07, 6.45) is 1.76. The van der Waals surface area contributed by atoms with Crippen LogP contribution in [0.25, 0.3) is 22.2 Å². The average molecular weight is 630 g/mol. The van der Waals surface area contributed by atoms with E-state index < -0.39 is 8.07 Å². The van der Waals surface area contributed by atoms with Crippen LogP contribution in [0.1, 0.15) is 47.1 Å². The molecule has 0 aliphatic carbocycles. The summed E-state index contributed by atoms with van der Waals surface area (Å²) >= 11 is 6.68. The molecule has 0 spiro atoms. The van der Waals surface area contributed by atoms with Crippen molar-refractivity contribution in [1.82, 2.24) is 19.4 Å². The van der Waals surface area contributed by atoms with E-state index in [2.05, 4.69) is 68.2 Å². The lowest BCUT2D eigenvalue weighted by molar-refractivity contribution is 0.261. The summed E-state index contributed by atoms with van der Waals surface area (Å²) in [7, 11) is 3.64. The highest BCUT2D eigenvalue weighted by Gasteiger charge is 2.41. The molecule has 0 aliphatic rings. The van der Waals surface area contributed by atoms with E-state index in [9.17, 15) is 4.79 Å². The van der Waals surface area contributed by atoms with Gasteiger partial charge in [0.2, 0.25) is 5.95 Å². The van der Waals surface area contributed by atoms with Gasteiger partial charge in [-0.25, -0.2) is 4.98 Å². The Balaban J connectivity index is 1.85. The molecule has 2 heterocycles. The van der Waals surface area contributed by atoms with Crippen LogP contribution < -0.4 is 15.6 Å². The number of rotatable bonds is 10. The minimum Gasteiger partial charge on any atom is -0.492 e. The average Bonchev–Trinajstić information content (AvgIpc) is 2.96. The van der Waals surface area contributed by atoms with E-state index in [4.69, 9.17) is 21.3 Å². The van der Waals surface area contributed by atoms with Gasteiger partial charge >= 0.3 is 0 Å². The van der Waals surface area contributed by atoms with Gasteiger partial charge in [-0.3, -0.25) is 9.36 Å². The smallest absolute Gasteiger partial charge is 0.261 e. The van der Waals surface area contributed by atoms with Gasteiger partial charge in [0.15, 0.2) is 0 Å². The van der Waals surface area contributed by atoms with Crippen LogP contribution in [0.2, 0.25) is 21.6 Å². The van der Waals surface area contributed by atoms with E-state index in [1.807, 2.05) is 56.6 Å². The molecule has 0 saturated heterocycles. The van der Waals surface area contributed by atoms with Gasteiger partial charge in [0.1, 0.15) is 26.1 Å². The third kappa shape index (κ3) is 6.86. The molecule has 7 nitrogen and oxygen atoms in total. The number of halogens is 1. The van der Waals surface area contributed by atoms with Gasteiger partial charge in [-0.15, -0.1) is 5.54 Å². The van der Waals surface area contributed by atoms with Crippen LogP contribution in [0.3, 0.4) is 0 Å². The molecule has 44 heavy (non-hydrogen) atoms. The predicted molar refractivity (Wildman–Crippen MR) is 187 cm³/mol. The molecule has 1 N–H and O–H groups in total. The lowest BCUT2D eigenvalue weighted by Gasteiger charge is -2.38. The fraction of sp³-hybridized carbons (Fsp3) is 0.400. The molecule has 9 heteroatoms. The summed E-state index contributed by atoms with van der Waals surface area (Å²) in [6, 6.07) is 15.1. The molecule has 0 fully saturated rings. The van der Waals surface area contributed by atoms with E-state index >= 15 is 0 Å². The number of hydrogen-bond acceptors (Lipinski definition) is 6. The molecule has 0 bridgehead atoms. The van der Waals surface area contributed by atoms with Crippen LogP contribution in [0.5, 0.6) is 5.75 Å². The van der Waals surface area contributed by atoms with E-state index in [0.29, 0.717) is 61.9 Å². The van der Waals surface area contributed by atoms with Crippen molar-refractivity contribution in [3.8, 4) is 28.3 Å². The first-order valence-corrected chi connectivity index (χ1v) is 17.8. The molecule has 4 aromatic rings. The van der Waals surface area contributed by atoms with Crippen molar-refractivity contribution in [1.29, 1.82) is 0 Å². The number of hydrogen-bond donors (Lipinski definition) is 1. The molecular formula is C35H44ClN5O2Si. The second-order valence-corrected chi connectivity index (χ2v) is 18.5. The molecule has 0 atom stereocenters. The van der Waals surface area contributed by atoms with Gasteiger partial charge in [-0.1, -0.05) is 77.3 Å². The minimum atomic E-state index is -2.12. The highest BCUT2D eigenvalue weighted by atomic mass is 35.5. The topological polar surface area (TPSA) is 72.3 Å². The SMILES string of the molecule is CC(C)[Si](C#Cc1c(-c2ccccc2Cl)c(=O)n(C)c2nc(Nc3ccc(OCCN(C)C)cc3)ncc12)(C(C)C)C(C)C. The Hall–Kier alpha value is -3.64. The van der Waals surface area contributed by atoms with E-state index in [1.54, 1.807) is 23.9 Å². The molecule has 0 radical (unpaired) electrons. The Morgan fingerprint density at radius 3 is 2.23 bits per heavy atom. The van der Waals surface area contributed by atoms with Crippen molar-refractivity contribution >= 4 is 42.3 Å². The Morgan fingerprint density at radius 2 is 1.64 bits per heavy atom. The van der Waals surface area contributed by atoms with Crippen LogP contribution in [0.15, 0.2) is 59.5 Å². The maximum atomic E-state index is 14.1. The fourth-order valence-electron chi connectivity index (χ4n) is 6.13. The first-order valence-electron chi connectivity index (χ1n) is 15.2. The quantitative estimate of drug-likeness (QED) is 0.142. The number of benzene rings is 2. The molecular weight excluding hydrogens is 586 g/mol. The lowest BCUT2D eigenvalue weighted by Crippen LogP contribution is -2.43. The number of aromatic nitrogens is 3. The zero-order valence-electron chi connectivity index (χ0n) is 27.3. The van der Waals surface area contributed by atoms with E-state index in [0.717, 1.165) is 18.0 Å². The number of ether oxygens (including phenoxy) is 1. The van der Waals surface area contributed by atoms with Crippen molar-refractivity contribution in [2.75, 3.05) is 32.6 Å². The molecule has 2 aromatic heterocycles. The van der Waals surface area contributed by atoms with Gasteiger partial charge in [0.25, 0.3) is 5.56 Å². The maximum Gasteiger partial charge on any atom is 0.261 e. The van der Waals surface area contributed by atoms with Gasteiger partial charge in [0, 0.05) is 41.6 Å². The van der Waals surface area contributed by atoms with Crippen molar-refractivity contribution < 1.29 is 4.74 Å². The van der Waals surface area contributed by atoms with Crippen molar-refractivity contribution in [3.05, 3.63) is 75.7 Å². The maximum absolute atomic E-state index is 14.1. The number of likely N-dealkylation sites (N-methyl/N-ethyl adjacent to an activating group) is 1. The van der Waals surface area contributed by atoms with Crippen LogP contribution in [-0.2, 0) is 7.05 Å². The standard InChI is InChI=1S/C35H44ClN5O2Si/c1-23(2)44(24(3)4,25(5)6)21-18-28-30-22-37-35(38-26-14-16-27(17-15-26)43-20-19-40(7)8)39-33(30)41(9)34(42)32(28)29-12-10-11-13-31(29)36/h10-17,22-25H,19-20H2,1-9H3,(H,37,38,39). The zero-order valence-corrected chi connectivity index (χ0v) is 29.1. The second-order valence-electron chi connectivity index (χ2n) is 12.5. The van der Waals surface area contributed by atoms with E-state index in [-0.39, 0.29) is 5.56 Å². The summed E-state index contributed by atoms with van der Waals surface area (Å²) in [4.78, 5) is 25.6. The number of nitrogens with zero attached hydrogens (tertiary/aromatic N) is 4. The Morgan fingerprint density at radius 1 is 1.00 bits per heavy atom. The summed E-state index contributed by atoms with van der Waals surface area (Å²) in [5, 5.41) is 4.48. The third-order valence-corrected chi connectivity index (χ3v) is 15.1. The van der Waals surface area contributed by atoms with Crippen LogP contribution in [0.4, 0.5) is 11.6 Å². The number of fused-ring (bicyclic) bond motifs is 1. The molecule has 0 saturated carbocycles. The first kappa shape index (κ1) is 33.3. The van der Waals surface area contributed by atoms with Crippen LogP contribution >= 0.6 is 11.6 Å². The van der Waals surface area contributed by atoms with Crippen LogP contribution in [-0.4, -0.2) is 54.8 Å². The molecule has 2 aromatic carbocycles. The second kappa shape index (κ2) is 14.0. The number of aryl methyl sites for hydroxylation is 1. The number of anilines is 2. The Kier molecular flexibility index (Phi) is 10.6. The fourth-order valence-corrected chi connectivity index (χ4v) is 11.6. The van der Waals surface area contributed by atoms with Crippen molar-refractivity contribution in [2.45, 2.75) is 58.2 Å². The molecule has 232 valence electrons. The van der Waals surface area contributed by atoms with Crippen molar-refractivity contribution in [3.63, 3.8) is 0 Å². The normalized spacial score (nSPS) is 11.9. The zero-order chi connectivity index (χ0) is 32.2. The Labute approximate surface area is 267 Å². The highest BCUT2D eigenvalue weighted by molar-refractivity contribution is 6.90. The summed E-state index contributed by atoms with van der Waals surface area (Å²) in [6.45, 7) is 15.1. The number of pyridine rings is 1. The lowest BCUT2D eigenvalue weighted by atomic mass is 9.99. The van der Waals surface area contributed by atoms with Gasteiger partial charge in [0.05, 0.1) is 10.9 Å². The Bertz CT molecular complexity index is 1720. The monoisotopic (exact) mass is 629 g/mol. The van der Waals surface area contributed by atoms with Crippen LogP contribution in [0, 0.1) is 11.5 Å². The van der Waals surface area contributed by atoms with E-state index in [1.165, 1.54) is 0 Å². The number of nitrogens with one attached hydrogen (secondary N) is 1. The third-order valence-electron chi connectivity index (χ3n) is 8.46. The molecule has 0 unspecified atom stereocenters. The van der Waals surface area contributed by atoms with Gasteiger partial charge in [-0.2, -0.15) is 4.98 Å².